The van der Waals surface area contributed by atoms with Crippen LogP contribution in [0.1, 0.15) is 52.4 Å². The second-order valence-electron chi connectivity index (χ2n) is 7.29. The Morgan fingerprint density at radius 2 is 1.76 bits per heavy atom. The molecule has 0 saturated heterocycles. The number of anilines is 1. The number of benzene rings is 1. The van der Waals surface area contributed by atoms with Crippen LogP contribution in [0.25, 0.3) is 0 Å². The first-order valence-corrected chi connectivity index (χ1v) is 10.4. The minimum atomic E-state index is -3.52. The van der Waals surface area contributed by atoms with Crippen molar-refractivity contribution < 1.29 is 13.2 Å². The fourth-order valence-electron chi connectivity index (χ4n) is 3.40. The lowest BCUT2D eigenvalue weighted by Crippen LogP contribution is -2.36. The normalized spacial score (nSPS) is 17.4. The molecule has 0 aromatic heterocycles. The molecule has 0 spiro atoms. The minimum absolute atomic E-state index is 0.0664. The van der Waals surface area contributed by atoms with Crippen LogP contribution in [0.3, 0.4) is 0 Å². The van der Waals surface area contributed by atoms with Gasteiger partial charge in [-0.2, -0.15) is 0 Å². The second kappa shape index (κ2) is 8.29. The van der Waals surface area contributed by atoms with Gasteiger partial charge in [0, 0.05) is 18.2 Å². The number of rotatable bonds is 7. The van der Waals surface area contributed by atoms with Crippen molar-refractivity contribution in [2.45, 2.75) is 63.3 Å². The molecule has 25 heavy (non-hydrogen) atoms. The summed E-state index contributed by atoms with van der Waals surface area (Å²) in [5.74, 6) is -0.0664. The summed E-state index contributed by atoms with van der Waals surface area (Å²) in [7, 11) is -3.52. The number of nitrogens with one attached hydrogen (secondary N) is 2. The fraction of sp³-hybridized carbons (Fsp3) is 0.611. The molecule has 0 atom stereocenters. The average Bonchev–Trinajstić information content (AvgIpc) is 2.55. The van der Waals surface area contributed by atoms with Gasteiger partial charge in [-0.3, -0.25) is 4.79 Å². The van der Waals surface area contributed by atoms with Crippen LogP contribution in [-0.2, 0) is 14.8 Å². The van der Waals surface area contributed by atoms with E-state index in [0.29, 0.717) is 18.7 Å². The third kappa shape index (κ3) is 5.52. The average molecular weight is 368 g/mol. The number of sulfonamides is 1. The van der Waals surface area contributed by atoms with Crippen LogP contribution < -0.4 is 15.8 Å². The predicted octanol–water partition coefficient (Wildman–Crippen LogP) is 2.61. The molecule has 140 valence electrons. The highest BCUT2D eigenvalue weighted by Crippen LogP contribution is 2.38. The van der Waals surface area contributed by atoms with Crippen LogP contribution in [0.2, 0.25) is 0 Å². The molecular formula is C18H29N3O3S. The van der Waals surface area contributed by atoms with Crippen LogP contribution in [0, 0.1) is 5.41 Å². The van der Waals surface area contributed by atoms with Crippen molar-refractivity contribution in [1.82, 2.24) is 4.72 Å². The van der Waals surface area contributed by atoms with Gasteiger partial charge < -0.3 is 11.1 Å². The maximum Gasteiger partial charge on any atom is 0.240 e. The molecule has 2 rings (SSSR count). The van der Waals surface area contributed by atoms with Gasteiger partial charge in [0.05, 0.1) is 4.90 Å². The standard InChI is InChI=1S/C18H29N3O3S/c1-14(2)21-25(23,24)16-8-6-15(7-9-16)20-17(22)12-18(13-19)10-4-3-5-11-18/h6-9,14,21H,3-5,10-13,19H2,1-2H3,(H,20,22). The molecule has 0 radical (unpaired) electrons. The summed E-state index contributed by atoms with van der Waals surface area (Å²) in [5, 5.41) is 2.86. The topological polar surface area (TPSA) is 101 Å². The number of carbonyl (C=O) groups is 1. The smallest absolute Gasteiger partial charge is 0.240 e. The Morgan fingerprint density at radius 3 is 2.28 bits per heavy atom. The van der Waals surface area contributed by atoms with Gasteiger partial charge >= 0.3 is 0 Å². The molecule has 1 saturated carbocycles. The molecule has 1 aromatic carbocycles. The van der Waals surface area contributed by atoms with Crippen molar-refractivity contribution in [3.63, 3.8) is 0 Å². The molecule has 0 unspecified atom stereocenters. The largest absolute Gasteiger partial charge is 0.330 e. The Morgan fingerprint density at radius 1 is 1.16 bits per heavy atom. The molecule has 6 nitrogen and oxygen atoms in total. The van der Waals surface area contributed by atoms with E-state index in [2.05, 4.69) is 10.0 Å². The maximum atomic E-state index is 12.4. The van der Waals surface area contributed by atoms with E-state index in [0.717, 1.165) is 25.7 Å². The van der Waals surface area contributed by atoms with E-state index < -0.39 is 10.0 Å². The third-order valence-corrected chi connectivity index (χ3v) is 6.40. The van der Waals surface area contributed by atoms with Gasteiger partial charge in [0.25, 0.3) is 0 Å². The Balaban J connectivity index is 2.00. The van der Waals surface area contributed by atoms with E-state index in [1.165, 1.54) is 18.6 Å². The molecule has 1 aliphatic carbocycles. The SMILES string of the molecule is CC(C)NS(=O)(=O)c1ccc(NC(=O)CC2(CN)CCCCC2)cc1. The Labute approximate surface area is 150 Å². The molecule has 1 fully saturated rings. The van der Waals surface area contributed by atoms with Crippen molar-refractivity contribution in [3.8, 4) is 0 Å². The molecule has 4 N–H and O–H groups in total. The Bertz CT molecular complexity index is 678. The van der Waals surface area contributed by atoms with Gasteiger partial charge in [-0.1, -0.05) is 19.3 Å². The first-order valence-electron chi connectivity index (χ1n) is 8.89. The van der Waals surface area contributed by atoms with Crippen LogP contribution in [-0.4, -0.2) is 26.9 Å². The van der Waals surface area contributed by atoms with Gasteiger partial charge in [0.15, 0.2) is 0 Å². The van der Waals surface area contributed by atoms with Crippen molar-refractivity contribution in [2.75, 3.05) is 11.9 Å². The zero-order valence-electron chi connectivity index (χ0n) is 15.0. The monoisotopic (exact) mass is 367 g/mol. The van der Waals surface area contributed by atoms with E-state index in [1.54, 1.807) is 26.0 Å². The minimum Gasteiger partial charge on any atom is -0.330 e. The molecule has 0 heterocycles. The lowest BCUT2D eigenvalue weighted by atomic mass is 9.71. The highest BCUT2D eigenvalue weighted by molar-refractivity contribution is 7.89. The molecule has 7 heteroatoms. The van der Waals surface area contributed by atoms with Gasteiger partial charge in [0.2, 0.25) is 15.9 Å². The van der Waals surface area contributed by atoms with Crippen LogP contribution in [0.4, 0.5) is 5.69 Å². The molecule has 0 aliphatic heterocycles. The predicted molar refractivity (Wildman–Crippen MR) is 99.7 cm³/mol. The summed E-state index contributed by atoms with van der Waals surface area (Å²) >= 11 is 0. The highest BCUT2D eigenvalue weighted by Gasteiger charge is 2.32. The fourth-order valence-corrected chi connectivity index (χ4v) is 4.65. The quantitative estimate of drug-likeness (QED) is 0.689. The molecule has 0 bridgehead atoms. The Hall–Kier alpha value is -1.44. The molecule has 1 aromatic rings. The third-order valence-electron chi connectivity index (χ3n) is 4.72. The van der Waals surface area contributed by atoms with Crippen LogP contribution in [0.15, 0.2) is 29.2 Å². The summed E-state index contributed by atoms with van der Waals surface area (Å²) < 4.78 is 26.7. The van der Waals surface area contributed by atoms with Gasteiger partial charge in [-0.25, -0.2) is 13.1 Å². The lowest BCUT2D eigenvalue weighted by Gasteiger charge is -2.35. The number of hydrogen-bond donors (Lipinski definition) is 3. The van der Waals surface area contributed by atoms with Crippen LogP contribution in [0.5, 0.6) is 0 Å². The number of amides is 1. The number of carbonyl (C=O) groups excluding carboxylic acids is 1. The first kappa shape index (κ1) is 19.9. The van der Waals surface area contributed by atoms with E-state index in [-0.39, 0.29) is 22.3 Å². The summed E-state index contributed by atoms with van der Waals surface area (Å²) in [6.45, 7) is 4.06. The zero-order valence-corrected chi connectivity index (χ0v) is 15.9. The van der Waals surface area contributed by atoms with E-state index in [9.17, 15) is 13.2 Å². The van der Waals surface area contributed by atoms with E-state index >= 15 is 0 Å². The molecular weight excluding hydrogens is 338 g/mol. The number of hydrogen-bond acceptors (Lipinski definition) is 4. The second-order valence-corrected chi connectivity index (χ2v) is 9.00. The molecule has 1 amide bonds. The van der Waals surface area contributed by atoms with Gasteiger partial charge in [-0.05, 0) is 62.9 Å². The number of nitrogens with two attached hydrogens (primary N) is 1. The first-order chi connectivity index (χ1) is 11.8. The maximum absolute atomic E-state index is 12.4. The van der Waals surface area contributed by atoms with Gasteiger partial charge in [0.1, 0.15) is 0 Å². The van der Waals surface area contributed by atoms with Crippen molar-refractivity contribution in [3.05, 3.63) is 24.3 Å². The Kier molecular flexibility index (Phi) is 6.59. The highest BCUT2D eigenvalue weighted by atomic mass is 32.2. The summed E-state index contributed by atoms with van der Waals surface area (Å²) in [4.78, 5) is 12.6. The zero-order chi connectivity index (χ0) is 18.5. The summed E-state index contributed by atoms with van der Waals surface area (Å²) in [5.41, 5.74) is 6.44. The van der Waals surface area contributed by atoms with Crippen molar-refractivity contribution in [1.29, 1.82) is 0 Å². The van der Waals surface area contributed by atoms with Gasteiger partial charge in [-0.15, -0.1) is 0 Å². The van der Waals surface area contributed by atoms with Crippen LogP contribution >= 0.6 is 0 Å². The summed E-state index contributed by atoms with van der Waals surface area (Å²) in [6, 6.07) is 6.05. The molecule has 1 aliphatic rings. The van der Waals surface area contributed by atoms with E-state index in [1.807, 2.05) is 0 Å². The lowest BCUT2D eigenvalue weighted by molar-refractivity contribution is -0.118. The summed E-state index contributed by atoms with van der Waals surface area (Å²) in [6.07, 6.45) is 5.87. The van der Waals surface area contributed by atoms with Crippen molar-refractivity contribution >= 4 is 21.6 Å². The van der Waals surface area contributed by atoms with Crippen molar-refractivity contribution in [2.24, 2.45) is 11.1 Å². The van der Waals surface area contributed by atoms with E-state index in [4.69, 9.17) is 5.73 Å².